The molecule has 0 heterocycles. The van der Waals surface area contributed by atoms with Gasteiger partial charge in [0.1, 0.15) is 0 Å². The summed E-state index contributed by atoms with van der Waals surface area (Å²) in [6, 6.07) is 14.2. The lowest BCUT2D eigenvalue weighted by Gasteiger charge is -2.11. The average Bonchev–Trinajstić information content (AvgIpc) is 2.46. The second kappa shape index (κ2) is 6.49. The van der Waals surface area contributed by atoms with Crippen LogP contribution in [0.4, 0.5) is 0 Å². The zero-order valence-corrected chi connectivity index (χ0v) is 13.1. The Balaban J connectivity index is 2.20. The quantitative estimate of drug-likeness (QED) is 0.865. The first kappa shape index (κ1) is 15.2. The summed E-state index contributed by atoms with van der Waals surface area (Å²) in [5.41, 5.74) is 7.45. The highest BCUT2D eigenvalue weighted by atomic mass is 79.9. The maximum Gasteiger partial charge on any atom is 0.241 e. The Labute approximate surface area is 127 Å². The van der Waals surface area contributed by atoms with Gasteiger partial charge in [0, 0.05) is 17.6 Å². The topological polar surface area (TPSA) is 72.2 Å². The number of sulfonamides is 1. The predicted octanol–water partition coefficient (Wildman–Crippen LogP) is 2.39. The molecule has 0 aliphatic rings. The number of nitrogens with one attached hydrogen (secondary N) is 1. The molecule has 2 aromatic carbocycles. The molecule has 2 rings (SSSR count). The Morgan fingerprint density at radius 3 is 2.25 bits per heavy atom. The summed E-state index contributed by atoms with van der Waals surface area (Å²) in [5.74, 6) is 0. The van der Waals surface area contributed by atoms with Crippen LogP contribution in [0.3, 0.4) is 0 Å². The molecule has 0 unspecified atom stereocenters. The van der Waals surface area contributed by atoms with Crippen LogP contribution < -0.4 is 10.5 Å². The zero-order valence-electron chi connectivity index (χ0n) is 10.7. The lowest BCUT2D eigenvalue weighted by molar-refractivity contribution is 0.580. The Morgan fingerprint density at radius 2 is 1.60 bits per heavy atom. The van der Waals surface area contributed by atoms with Crippen LogP contribution in [0.1, 0.15) is 11.1 Å². The van der Waals surface area contributed by atoms with E-state index >= 15 is 0 Å². The van der Waals surface area contributed by atoms with Crippen molar-refractivity contribution in [1.29, 1.82) is 0 Å². The fraction of sp³-hybridized carbons (Fsp3) is 0.143. The van der Waals surface area contributed by atoms with E-state index in [0.29, 0.717) is 11.0 Å². The van der Waals surface area contributed by atoms with E-state index in [1.54, 1.807) is 24.3 Å². The molecule has 0 bridgehead atoms. The first-order valence-electron chi connectivity index (χ1n) is 6.05. The number of hydrogen-bond acceptors (Lipinski definition) is 3. The Hall–Kier alpha value is -1.21. The number of hydrogen-bond donors (Lipinski definition) is 2. The molecule has 0 fully saturated rings. The fourth-order valence-corrected chi connectivity index (χ4v) is 3.85. The number of halogens is 1. The first-order valence-corrected chi connectivity index (χ1v) is 8.33. The lowest BCUT2D eigenvalue weighted by atomic mass is 10.1. The van der Waals surface area contributed by atoms with Gasteiger partial charge in [-0.3, -0.25) is 0 Å². The minimum Gasteiger partial charge on any atom is -0.326 e. The smallest absolute Gasteiger partial charge is 0.241 e. The molecule has 20 heavy (non-hydrogen) atoms. The highest BCUT2D eigenvalue weighted by molar-refractivity contribution is 9.10. The van der Waals surface area contributed by atoms with Crippen molar-refractivity contribution in [2.45, 2.75) is 18.0 Å². The van der Waals surface area contributed by atoms with E-state index in [0.717, 1.165) is 11.1 Å². The Bertz CT molecular complexity index is 702. The van der Waals surface area contributed by atoms with Crippen molar-refractivity contribution in [3.05, 3.63) is 64.1 Å². The van der Waals surface area contributed by atoms with Crippen LogP contribution in [0.2, 0.25) is 0 Å². The maximum absolute atomic E-state index is 12.3. The molecule has 6 heteroatoms. The van der Waals surface area contributed by atoms with Crippen molar-refractivity contribution in [3.8, 4) is 0 Å². The van der Waals surface area contributed by atoms with Crippen molar-refractivity contribution >= 4 is 26.0 Å². The largest absolute Gasteiger partial charge is 0.326 e. The van der Waals surface area contributed by atoms with E-state index in [1.165, 1.54) is 0 Å². The highest BCUT2D eigenvalue weighted by Crippen LogP contribution is 2.21. The van der Waals surface area contributed by atoms with E-state index in [4.69, 9.17) is 5.73 Å². The Kier molecular flexibility index (Phi) is 4.93. The molecular weight excluding hydrogens is 340 g/mol. The molecule has 0 saturated heterocycles. The van der Waals surface area contributed by atoms with Gasteiger partial charge < -0.3 is 5.73 Å². The first-order chi connectivity index (χ1) is 9.54. The van der Waals surface area contributed by atoms with Crippen LogP contribution in [0.15, 0.2) is 57.9 Å². The van der Waals surface area contributed by atoms with E-state index in [2.05, 4.69) is 20.7 Å². The number of benzene rings is 2. The molecule has 0 amide bonds. The molecular formula is C14H15BrN2O2S. The minimum absolute atomic E-state index is 0.219. The van der Waals surface area contributed by atoms with Crippen molar-refractivity contribution in [2.24, 2.45) is 5.73 Å². The van der Waals surface area contributed by atoms with Gasteiger partial charge in [-0.25, -0.2) is 13.1 Å². The fourth-order valence-electron chi connectivity index (χ4n) is 1.84. The summed E-state index contributed by atoms with van der Waals surface area (Å²) in [6.45, 7) is 0.601. The van der Waals surface area contributed by atoms with E-state index < -0.39 is 10.0 Å². The zero-order chi connectivity index (χ0) is 14.6. The summed E-state index contributed by atoms with van der Waals surface area (Å²) in [5, 5.41) is 0. The summed E-state index contributed by atoms with van der Waals surface area (Å²) in [6.07, 6.45) is 0. The SMILES string of the molecule is NCc1ccccc1CNS(=O)(=O)c1ccccc1Br. The monoisotopic (exact) mass is 354 g/mol. The predicted molar refractivity (Wildman–Crippen MR) is 82.5 cm³/mol. The summed E-state index contributed by atoms with van der Waals surface area (Å²) in [4.78, 5) is 0.227. The summed E-state index contributed by atoms with van der Waals surface area (Å²) >= 11 is 3.25. The molecule has 2 aromatic rings. The third-order valence-corrected chi connectivity index (χ3v) is 5.33. The van der Waals surface area contributed by atoms with Gasteiger partial charge in [-0.15, -0.1) is 0 Å². The third kappa shape index (κ3) is 3.46. The van der Waals surface area contributed by atoms with E-state index in [1.807, 2.05) is 24.3 Å². The van der Waals surface area contributed by atoms with Crippen LogP contribution in [0.5, 0.6) is 0 Å². The van der Waals surface area contributed by atoms with Crippen molar-refractivity contribution in [3.63, 3.8) is 0 Å². The molecule has 0 radical (unpaired) electrons. The molecule has 0 aromatic heterocycles. The van der Waals surface area contributed by atoms with Crippen LogP contribution in [-0.2, 0) is 23.1 Å². The van der Waals surface area contributed by atoms with Crippen molar-refractivity contribution in [1.82, 2.24) is 4.72 Å². The van der Waals surface area contributed by atoms with E-state index in [-0.39, 0.29) is 11.4 Å². The standard InChI is InChI=1S/C14H15BrN2O2S/c15-13-7-3-4-8-14(13)20(18,19)17-10-12-6-2-1-5-11(12)9-16/h1-8,17H,9-10,16H2. The van der Waals surface area contributed by atoms with Gasteiger partial charge in [-0.1, -0.05) is 36.4 Å². The van der Waals surface area contributed by atoms with Crippen LogP contribution >= 0.6 is 15.9 Å². The highest BCUT2D eigenvalue weighted by Gasteiger charge is 2.16. The van der Waals surface area contributed by atoms with Gasteiger partial charge in [0.15, 0.2) is 0 Å². The van der Waals surface area contributed by atoms with Crippen LogP contribution in [0, 0.1) is 0 Å². The molecule has 3 N–H and O–H groups in total. The maximum atomic E-state index is 12.3. The molecule has 0 aliphatic heterocycles. The summed E-state index contributed by atoms with van der Waals surface area (Å²) in [7, 11) is -3.55. The second-order valence-electron chi connectivity index (χ2n) is 4.23. The average molecular weight is 355 g/mol. The second-order valence-corrected chi connectivity index (χ2v) is 6.82. The minimum atomic E-state index is -3.55. The van der Waals surface area contributed by atoms with Crippen LogP contribution in [-0.4, -0.2) is 8.42 Å². The van der Waals surface area contributed by atoms with Crippen molar-refractivity contribution < 1.29 is 8.42 Å². The van der Waals surface area contributed by atoms with E-state index in [9.17, 15) is 8.42 Å². The van der Waals surface area contributed by atoms with Gasteiger partial charge in [-0.05, 0) is 39.2 Å². The lowest BCUT2D eigenvalue weighted by Crippen LogP contribution is -2.24. The molecule has 106 valence electrons. The van der Waals surface area contributed by atoms with Gasteiger partial charge in [-0.2, -0.15) is 0 Å². The van der Waals surface area contributed by atoms with Crippen LogP contribution in [0.25, 0.3) is 0 Å². The molecule has 0 spiro atoms. The van der Waals surface area contributed by atoms with Gasteiger partial charge in [0.05, 0.1) is 4.90 Å². The Morgan fingerprint density at radius 1 is 1.00 bits per heavy atom. The van der Waals surface area contributed by atoms with Gasteiger partial charge >= 0.3 is 0 Å². The third-order valence-electron chi connectivity index (χ3n) is 2.92. The molecule has 4 nitrogen and oxygen atoms in total. The molecule has 0 atom stereocenters. The van der Waals surface area contributed by atoms with Crippen molar-refractivity contribution in [2.75, 3.05) is 0 Å². The summed E-state index contributed by atoms with van der Waals surface area (Å²) < 4.78 is 27.6. The van der Waals surface area contributed by atoms with Gasteiger partial charge in [0.2, 0.25) is 10.0 Å². The number of rotatable bonds is 5. The normalized spacial score (nSPS) is 11.5. The molecule has 0 saturated carbocycles. The molecule has 0 aliphatic carbocycles. The number of nitrogens with two attached hydrogens (primary N) is 1. The van der Waals surface area contributed by atoms with Gasteiger partial charge in [0.25, 0.3) is 0 Å².